The van der Waals surface area contributed by atoms with Gasteiger partial charge in [0.2, 0.25) is 5.78 Å². The van der Waals surface area contributed by atoms with Crippen LogP contribution in [-0.4, -0.2) is 65.6 Å². The van der Waals surface area contributed by atoms with E-state index in [0.717, 1.165) is 16.7 Å². The van der Waals surface area contributed by atoms with Crippen LogP contribution < -0.4 is 16.8 Å². The zero-order chi connectivity index (χ0) is 37.7. The maximum Gasteiger partial charge on any atom is 0.408 e. The Bertz CT molecular complexity index is 1670. The van der Waals surface area contributed by atoms with E-state index in [2.05, 4.69) is 5.32 Å². The molecule has 3 unspecified atom stereocenters. The predicted molar refractivity (Wildman–Crippen MR) is 207 cm³/mol. The van der Waals surface area contributed by atoms with Crippen LogP contribution in [0.1, 0.15) is 54.2 Å². The molecule has 4 aromatic rings. The van der Waals surface area contributed by atoms with E-state index in [-0.39, 0.29) is 17.7 Å². The predicted octanol–water partition coefficient (Wildman–Crippen LogP) is 6.56. The number of carbonyl (C=O) groups is 4. The molecule has 0 aromatic heterocycles. The third-order valence-corrected chi connectivity index (χ3v) is 10.1. The first-order valence-corrected chi connectivity index (χ1v) is 19.1. The lowest BCUT2D eigenvalue weighted by atomic mass is 9.84. The summed E-state index contributed by atoms with van der Waals surface area (Å²) in [6.07, 6.45) is -0.738. The summed E-state index contributed by atoms with van der Waals surface area (Å²) in [6, 6.07) is 32.8. The first-order chi connectivity index (χ1) is 24.8. The Morgan fingerprint density at radius 3 is 1.67 bits per heavy atom. The van der Waals surface area contributed by atoms with E-state index in [0.29, 0.717) is 11.4 Å². The second kappa shape index (κ2) is 18.6. The van der Waals surface area contributed by atoms with Crippen molar-refractivity contribution in [1.29, 1.82) is 0 Å². The Balaban J connectivity index is 1.74. The topological polar surface area (TPSA) is 160 Å². The third-order valence-electron chi connectivity index (χ3n) is 7.77. The summed E-state index contributed by atoms with van der Waals surface area (Å²) in [5, 5.41) is 2.64. The molecule has 0 aliphatic heterocycles. The number of anilines is 1. The van der Waals surface area contributed by atoms with Crippen LogP contribution in [0, 0.1) is 0 Å². The van der Waals surface area contributed by atoms with Gasteiger partial charge in [0, 0.05) is 17.0 Å². The van der Waals surface area contributed by atoms with Crippen LogP contribution in [0.2, 0.25) is 0 Å². The van der Waals surface area contributed by atoms with E-state index >= 15 is 0 Å². The highest BCUT2D eigenvalue weighted by molar-refractivity contribution is 8.00. The normalized spacial score (nSPS) is 13.2. The average molecular weight is 744 g/mol. The van der Waals surface area contributed by atoms with Crippen LogP contribution in [-0.2, 0) is 28.5 Å². The molecule has 0 radical (unpaired) electrons. The van der Waals surface area contributed by atoms with Crippen molar-refractivity contribution in [1.82, 2.24) is 5.32 Å². The monoisotopic (exact) mass is 743 g/mol. The molecule has 274 valence electrons. The molecule has 5 N–H and O–H groups in total. The second-order valence-electron chi connectivity index (χ2n) is 12.9. The molecule has 0 saturated carbocycles. The first kappa shape index (κ1) is 40.0. The fourth-order valence-electron chi connectivity index (χ4n) is 5.25. The average Bonchev–Trinajstić information content (AvgIpc) is 3.13. The molecule has 10 nitrogen and oxygen atoms in total. The molecule has 12 heteroatoms. The quantitative estimate of drug-likeness (QED) is 0.0375. The lowest BCUT2D eigenvalue weighted by Crippen LogP contribution is -2.49. The van der Waals surface area contributed by atoms with Crippen molar-refractivity contribution < 1.29 is 33.4 Å². The molecular formula is C40H45N3O7S2. The van der Waals surface area contributed by atoms with E-state index in [1.54, 1.807) is 20.8 Å². The number of esters is 2. The van der Waals surface area contributed by atoms with Crippen molar-refractivity contribution in [2.75, 3.05) is 23.5 Å². The van der Waals surface area contributed by atoms with Crippen molar-refractivity contribution >= 4 is 53.0 Å². The number of benzene rings is 4. The van der Waals surface area contributed by atoms with Gasteiger partial charge in [-0.2, -0.15) is 11.8 Å². The van der Waals surface area contributed by atoms with Crippen LogP contribution >= 0.6 is 23.5 Å². The Morgan fingerprint density at radius 2 is 1.21 bits per heavy atom. The number of rotatable bonds is 16. The van der Waals surface area contributed by atoms with Gasteiger partial charge in [-0.15, -0.1) is 11.8 Å². The van der Waals surface area contributed by atoms with Gasteiger partial charge in [0.25, 0.3) is 0 Å². The lowest BCUT2D eigenvalue weighted by Gasteiger charge is -2.36. The van der Waals surface area contributed by atoms with Crippen molar-refractivity contribution in [3.05, 3.63) is 138 Å². The van der Waals surface area contributed by atoms with Gasteiger partial charge in [0.05, 0.1) is 4.75 Å². The fraction of sp³-hybridized carbons (Fsp3) is 0.300. The minimum absolute atomic E-state index is 0.0548. The second-order valence-corrected chi connectivity index (χ2v) is 15.1. The molecule has 52 heavy (non-hydrogen) atoms. The summed E-state index contributed by atoms with van der Waals surface area (Å²) in [5.41, 5.74) is 14.2. The van der Waals surface area contributed by atoms with Crippen LogP contribution in [0.4, 0.5) is 10.5 Å². The summed E-state index contributed by atoms with van der Waals surface area (Å²) in [6.45, 7) is 5.09. The number of hydrogen-bond acceptors (Lipinski definition) is 11. The highest BCUT2D eigenvalue weighted by atomic mass is 32.2. The van der Waals surface area contributed by atoms with E-state index in [9.17, 15) is 19.2 Å². The summed E-state index contributed by atoms with van der Waals surface area (Å²) < 4.78 is 15.8. The smallest absolute Gasteiger partial charge is 0.408 e. The van der Waals surface area contributed by atoms with Crippen molar-refractivity contribution in [2.24, 2.45) is 5.73 Å². The van der Waals surface area contributed by atoms with E-state index in [4.69, 9.17) is 25.7 Å². The number of hydrogen-bond donors (Lipinski definition) is 3. The molecular weight excluding hydrogens is 699 g/mol. The fourth-order valence-corrected chi connectivity index (χ4v) is 7.29. The van der Waals surface area contributed by atoms with Gasteiger partial charge in [-0.25, -0.2) is 9.59 Å². The minimum atomic E-state index is -2.00. The van der Waals surface area contributed by atoms with E-state index in [1.165, 1.54) is 47.8 Å². The van der Waals surface area contributed by atoms with E-state index in [1.807, 2.05) is 97.3 Å². The maximum atomic E-state index is 14.2. The molecule has 4 aromatic carbocycles. The van der Waals surface area contributed by atoms with Gasteiger partial charge in [0.1, 0.15) is 17.7 Å². The number of Topliss-reactive ketones (excluding diaryl/α,β-unsaturated/α-hetero) is 1. The van der Waals surface area contributed by atoms with Gasteiger partial charge in [-0.1, -0.05) is 91.0 Å². The Kier molecular flexibility index (Phi) is 14.3. The molecule has 0 saturated heterocycles. The zero-order valence-electron chi connectivity index (χ0n) is 29.7. The largest absolute Gasteiger partial charge is 0.444 e. The Labute approximate surface area is 313 Å². The van der Waals surface area contributed by atoms with Crippen LogP contribution in [0.15, 0.2) is 115 Å². The zero-order valence-corrected chi connectivity index (χ0v) is 31.3. The highest BCUT2D eigenvalue weighted by Crippen LogP contribution is 2.48. The standard InChI is InChI=1S/C40H45N3O7S2/c1-39(2,3)50-38(47)43-33(36(46)49-37(48-35(45)32(42)24-25-51-4)34(44)27-20-22-31(41)23-21-27)26-52-40(28-14-8-5-9-15-28,29-16-10-6-11-17-29)30-18-12-7-13-19-30/h5-23,32-33,37H,24-26,41-42H2,1-4H3,(H,43,47). The third kappa shape index (κ3) is 10.9. The molecule has 1 amide bonds. The number of amides is 1. The van der Waals surface area contributed by atoms with Crippen LogP contribution in [0.5, 0.6) is 0 Å². The van der Waals surface area contributed by atoms with Crippen molar-refractivity contribution in [2.45, 2.75) is 55.9 Å². The van der Waals surface area contributed by atoms with Gasteiger partial charge in [-0.3, -0.25) is 9.59 Å². The number of alkyl carbamates (subject to hydrolysis) is 1. The molecule has 0 aliphatic carbocycles. The molecule has 0 spiro atoms. The molecule has 0 aliphatic rings. The van der Waals surface area contributed by atoms with Gasteiger partial charge in [0.15, 0.2) is 0 Å². The molecule has 0 bridgehead atoms. The van der Waals surface area contributed by atoms with Crippen LogP contribution in [0.3, 0.4) is 0 Å². The Morgan fingerprint density at radius 1 is 0.731 bits per heavy atom. The number of ether oxygens (including phenoxy) is 3. The van der Waals surface area contributed by atoms with Gasteiger partial charge in [-0.05, 0) is 80.2 Å². The van der Waals surface area contributed by atoms with Gasteiger partial charge >= 0.3 is 24.3 Å². The first-order valence-electron chi connectivity index (χ1n) is 16.7. The number of ketones is 1. The summed E-state index contributed by atoms with van der Waals surface area (Å²) in [4.78, 5) is 54.2. The molecule has 3 atom stereocenters. The van der Waals surface area contributed by atoms with Crippen molar-refractivity contribution in [3.8, 4) is 0 Å². The maximum absolute atomic E-state index is 14.2. The van der Waals surface area contributed by atoms with E-state index < -0.39 is 52.5 Å². The number of carbonyl (C=O) groups excluding carboxylic acids is 4. The van der Waals surface area contributed by atoms with Crippen LogP contribution in [0.25, 0.3) is 0 Å². The lowest BCUT2D eigenvalue weighted by molar-refractivity contribution is -0.181. The number of nitrogen functional groups attached to an aromatic ring is 1. The minimum Gasteiger partial charge on any atom is -0.444 e. The SMILES string of the molecule is CSCCC(N)C(=O)OC(OC(=O)C(CSC(c1ccccc1)(c1ccccc1)c1ccccc1)NC(=O)OC(C)(C)C)C(=O)c1ccc(N)cc1. The Hall–Kier alpha value is -4.78. The number of thioether (sulfide) groups is 2. The number of nitrogens with two attached hydrogens (primary N) is 2. The molecule has 4 rings (SSSR count). The highest BCUT2D eigenvalue weighted by Gasteiger charge is 2.40. The van der Waals surface area contributed by atoms with Crippen molar-refractivity contribution in [3.63, 3.8) is 0 Å². The summed E-state index contributed by atoms with van der Waals surface area (Å²) in [7, 11) is 0. The summed E-state index contributed by atoms with van der Waals surface area (Å²) >= 11 is 2.88. The number of nitrogens with one attached hydrogen (secondary N) is 1. The molecule has 0 heterocycles. The summed E-state index contributed by atoms with van der Waals surface area (Å²) in [5.74, 6) is -2.24. The molecule has 0 fully saturated rings. The van der Waals surface area contributed by atoms with Gasteiger partial charge < -0.3 is 31.0 Å².